The average molecular weight is 839 g/mol. The first kappa shape index (κ1) is 35.0. The quantitative estimate of drug-likeness (QED) is 0.0652. The van der Waals surface area contributed by atoms with E-state index < -0.39 is 28.4 Å². The summed E-state index contributed by atoms with van der Waals surface area (Å²) in [6.45, 7) is 5.71. The van der Waals surface area contributed by atoms with Gasteiger partial charge >= 0.3 is 5.97 Å². The highest BCUT2D eigenvalue weighted by atomic mass is 127. The van der Waals surface area contributed by atoms with Gasteiger partial charge in [-0.05, 0) is 75.6 Å². The van der Waals surface area contributed by atoms with Crippen molar-refractivity contribution in [2.45, 2.75) is 39.0 Å². The average Bonchev–Trinajstić information content (AvgIpc) is 3.70. The summed E-state index contributed by atoms with van der Waals surface area (Å²) in [6, 6.07) is 14.9. The fourth-order valence-electron chi connectivity index (χ4n) is 5.30. The molecule has 2 N–H and O–H groups in total. The van der Waals surface area contributed by atoms with Crippen LogP contribution in [0, 0.1) is 17.0 Å². The van der Waals surface area contributed by atoms with E-state index in [-0.39, 0.29) is 35.1 Å². The predicted molar refractivity (Wildman–Crippen MR) is 190 cm³/mol. The molecular weight excluding hydrogens is 807 g/mol. The molecule has 13 heteroatoms. The van der Waals surface area contributed by atoms with Crippen LogP contribution in [0.25, 0.3) is 22.3 Å². The number of rotatable bonds is 14. The molecule has 47 heavy (non-hydrogen) atoms. The van der Waals surface area contributed by atoms with Gasteiger partial charge in [-0.2, -0.15) is 0 Å². The third-order valence-electron chi connectivity index (χ3n) is 8.15. The van der Waals surface area contributed by atoms with Crippen molar-refractivity contribution < 1.29 is 33.0 Å². The standard InChI is InChI=1S/C34H31BrF2IN3O5S/c1-33(2,32(43)44)19-45-13-5-11-34(3,20-6-4-7-21(35)14-20)29-17-39-31(40-29)24-15-22(8-9-26(24)36)46-30-25(18-42)23-10-12-41(47-38)28(23)16-27(30)37/h4,6-10,12,14-18H,5,11,13,19H2,1-3H3,(H,39,40)(H,43,44). The Hall–Kier alpha value is -3.27. The molecule has 5 aromatic rings. The maximum Gasteiger partial charge on any atom is 0.311 e. The van der Waals surface area contributed by atoms with Crippen LogP contribution < -0.4 is 4.74 Å². The molecule has 8 nitrogen and oxygen atoms in total. The van der Waals surface area contributed by atoms with E-state index in [1.807, 2.05) is 31.2 Å². The Kier molecular flexibility index (Phi) is 10.8. The smallest absolute Gasteiger partial charge is 0.311 e. The molecule has 2 aromatic heterocycles. The number of aldehydes is 1. The van der Waals surface area contributed by atoms with Gasteiger partial charge in [0, 0.05) is 76.4 Å². The number of imidazole rings is 1. The van der Waals surface area contributed by atoms with Crippen molar-refractivity contribution in [3.63, 3.8) is 0 Å². The highest BCUT2D eigenvalue weighted by Gasteiger charge is 2.32. The molecule has 2 heterocycles. The first-order valence-electron chi connectivity index (χ1n) is 14.6. The van der Waals surface area contributed by atoms with Crippen molar-refractivity contribution in [2.24, 2.45) is 5.41 Å². The van der Waals surface area contributed by atoms with Crippen molar-refractivity contribution >= 4 is 69.4 Å². The molecule has 0 fully saturated rings. The lowest BCUT2D eigenvalue weighted by Gasteiger charge is -2.30. The van der Waals surface area contributed by atoms with Crippen LogP contribution in [0.3, 0.4) is 0 Å². The van der Waals surface area contributed by atoms with Crippen LogP contribution in [-0.4, -0.2) is 44.5 Å². The highest BCUT2D eigenvalue weighted by Crippen LogP contribution is 2.40. The lowest BCUT2D eigenvalue weighted by atomic mass is 9.76. The van der Waals surface area contributed by atoms with Crippen molar-refractivity contribution in [3.8, 4) is 22.9 Å². The van der Waals surface area contributed by atoms with Crippen molar-refractivity contribution in [1.82, 2.24) is 13.9 Å². The van der Waals surface area contributed by atoms with E-state index in [2.05, 4.69) is 47.1 Å². The van der Waals surface area contributed by atoms with Crippen LogP contribution in [0.1, 0.15) is 55.2 Å². The second-order valence-electron chi connectivity index (χ2n) is 11.9. The Bertz CT molecular complexity index is 1950. The summed E-state index contributed by atoms with van der Waals surface area (Å²) in [5.74, 6) is -2.11. The van der Waals surface area contributed by atoms with Crippen molar-refractivity contribution in [2.75, 3.05) is 13.2 Å². The Morgan fingerprint density at radius 2 is 1.94 bits per heavy atom. The number of halogens is 4. The number of carboxylic acid groups (broad SMARTS) is 1. The van der Waals surface area contributed by atoms with Crippen LogP contribution in [0.2, 0.25) is 0 Å². The summed E-state index contributed by atoms with van der Waals surface area (Å²) >= 11 is 5.62. The van der Waals surface area contributed by atoms with Crippen molar-refractivity contribution in [1.29, 1.82) is 0 Å². The molecule has 0 bridgehead atoms. The third-order valence-corrected chi connectivity index (χ3v) is 10.4. The van der Waals surface area contributed by atoms with E-state index in [0.717, 1.165) is 15.7 Å². The van der Waals surface area contributed by atoms with Gasteiger partial charge in [-0.15, -0.1) is 0 Å². The molecular formula is C34H31BrF2IN3O5S. The van der Waals surface area contributed by atoms with Gasteiger partial charge in [-0.3, -0.25) is 13.6 Å². The molecule has 0 aliphatic rings. The third kappa shape index (κ3) is 7.42. The molecule has 1 atom stereocenters. The second-order valence-corrected chi connectivity index (χ2v) is 14.6. The number of hydrogen-bond acceptors (Lipinski definition) is 6. The number of aliphatic carboxylic acids is 1. The number of benzene rings is 3. The maximum absolute atomic E-state index is 15.3. The van der Waals surface area contributed by atoms with E-state index in [9.17, 15) is 14.7 Å². The van der Waals surface area contributed by atoms with E-state index >= 15 is 8.78 Å². The molecule has 0 aliphatic heterocycles. The molecule has 0 spiro atoms. The van der Waals surface area contributed by atoms with Gasteiger partial charge in [0.05, 0.1) is 28.7 Å². The molecule has 1 unspecified atom stereocenters. The van der Waals surface area contributed by atoms with Gasteiger partial charge in [0.1, 0.15) is 17.4 Å². The van der Waals surface area contributed by atoms with Crippen LogP contribution in [0.15, 0.2) is 71.5 Å². The van der Waals surface area contributed by atoms with E-state index in [4.69, 9.17) is 9.47 Å². The number of ether oxygens (including phenoxy) is 2. The van der Waals surface area contributed by atoms with Gasteiger partial charge in [0.15, 0.2) is 17.9 Å². The summed E-state index contributed by atoms with van der Waals surface area (Å²) in [4.78, 5) is 31.3. The highest BCUT2D eigenvalue weighted by molar-refractivity contribution is 14.2. The summed E-state index contributed by atoms with van der Waals surface area (Å²) in [6.07, 6.45) is 5.16. The summed E-state index contributed by atoms with van der Waals surface area (Å²) < 4.78 is 44.8. The van der Waals surface area contributed by atoms with Crippen LogP contribution >= 0.6 is 46.3 Å². The number of carboxylic acids is 1. The predicted octanol–water partition coefficient (Wildman–Crippen LogP) is 9.74. The Morgan fingerprint density at radius 3 is 2.64 bits per heavy atom. The largest absolute Gasteiger partial charge is 0.481 e. The molecule has 3 aromatic carbocycles. The molecule has 0 saturated carbocycles. The molecule has 0 aliphatic carbocycles. The minimum atomic E-state index is -0.999. The second kappa shape index (κ2) is 14.5. The fourth-order valence-corrected chi connectivity index (χ4v) is 7.06. The number of nitrogens with zero attached hydrogens (tertiary/aromatic N) is 2. The number of H-pyrrole nitrogens is 1. The first-order chi connectivity index (χ1) is 22.4. The summed E-state index contributed by atoms with van der Waals surface area (Å²) in [5, 5.41) is 9.91. The zero-order chi connectivity index (χ0) is 33.9. The van der Waals surface area contributed by atoms with Crippen LogP contribution in [0.4, 0.5) is 8.78 Å². The number of fused-ring (bicyclic) bond motifs is 1. The monoisotopic (exact) mass is 837 g/mol. The minimum absolute atomic E-state index is 0.0515. The van der Waals surface area contributed by atoms with Gasteiger partial charge < -0.3 is 19.6 Å². The Labute approximate surface area is 295 Å². The van der Waals surface area contributed by atoms with Crippen molar-refractivity contribution in [3.05, 3.63) is 99.9 Å². The number of nitrogens with one attached hydrogen (secondary N) is 1. The van der Waals surface area contributed by atoms with E-state index in [0.29, 0.717) is 36.6 Å². The summed E-state index contributed by atoms with van der Waals surface area (Å²) in [5.41, 5.74) is 0.786. The molecule has 0 amide bonds. The van der Waals surface area contributed by atoms with Gasteiger partial charge in [-0.1, -0.05) is 28.1 Å². The lowest BCUT2D eigenvalue weighted by molar-refractivity contribution is -0.150. The molecule has 0 saturated heterocycles. The molecule has 0 radical (unpaired) electrons. The van der Waals surface area contributed by atoms with Crippen LogP contribution in [0.5, 0.6) is 11.5 Å². The van der Waals surface area contributed by atoms with Gasteiger partial charge in [0.25, 0.3) is 0 Å². The minimum Gasteiger partial charge on any atom is -0.481 e. The zero-order valence-corrected chi connectivity index (χ0v) is 30.2. The lowest BCUT2D eigenvalue weighted by Crippen LogP contribution is -2.30. The summed E-state index contributed by atoms with van der Waals surface area (Å²) in [7, 11) is 1.34. The maximum atomic E-state index is 15.3. The Morgan fingerprint density at radius 1 is 1.15 bits per heavy atom. The topological polar surface area (TPSA) is 106 Å². The van der Waals surface area contributed by atoms with E-state index in [1.54, 1.807) is 36.3 Å². The molecule has 5 rings (SSSR count). The molecule has 246 valence electrons. The fraction of sp³-hybridized carbons (Fsp3) is 0.265. The van der Waals surface area contributed by atoms with Gasteiger partial charge in [-0.25, -0.2) is 13.8 Å². The Balaban J connectivity index is 1.43. The van der Waals surface area contributed by atoms with E-state index in [1.165, 1.54) is 33.4 Å². The van der Waals surface area contributed by atoms with Gasteiger partial charge in [0.2, 0.25) is 0 Å². The number of aromatic amines is 1. The number of carbonyl (C=O) groups excluding carboxylic acids is 1. The number of aromatic nitrogens is 3. The number of carbonyl (C=O) groups is 2. The van der Waals surface area contributed by atoms with Crippen LogP contribution in [-0.2, 0) is 14.9 Å². The first-order valence-corrected chi connectivity index (χ1v) is 18.7. The SMILES string of the molecule is CC(C)(COCCCC(C)(c1cccc(Br)c1)c1cnc(-c2cc(Oc3c(F)cc4c(ccn4SI)c3C=O)ccc2F)[nH]1)C(=O)O. The normalized spacial score (nSPS) is 13.1. The number of hydrogen-bond donors (Lipinski definition) is 2. The zero-order valence-electron chi connectivity index (χ0n) is 25.7.